The van der Waals surface area contributed by atoms with Crippen LogP contribution in [0.1, 0.15) is 12.5 Å². The Bertz CT molecular complexity index is 1070. The number of ether oxygens (including phenoxy) is 2. The monoisotopic (exact) mass is 413 g/mol. The quantitative estimate of drug-likeness (QED) is 0.263. The van der Waals surface area contributed by atoms with Crippen LogP contribution in [-0.4, -0.2) is 11.9 Å². The molecule has 0 aliphatic rings. The van der Waals surface area contributed by atoms with Gasteiger partial charge in [-0.15, -0.1) is 0 Å². The Balaban J connectivity index is 1.87. The molecule has 0 aliphatic carbocycles. The lowest BCUT2D eigenvalue weighted by Gasteiger charge is -2.25. The fourth-order valence-electron chi connectivity index (χ4n) is 2.84. The molecule has 3 rings (SSSR count). The van der Waals surface area contributed by atoms with E-state index in [2.05, 4.69) is 18.1 Å². The van der Waals surface area contributed by atoms with Gasteiger partial charge < -0.3 is 14.4 Å². The minimum atomic E-state index is -0.458. The summed E-state index contributed by atoms with van der Waals surface area (Å²) in [6.45, 7) is 8.78. The third-order valence-corrected chi connectivity index (χ3v) is 4.41. The van der Waals surface area contributed by atoms with Gasteiger partial charge in [-0.1, -0.05) is 43.5 Å². The topological polar surface area (TPSA) is 55.8 Å². The first-order valence-electron chi connectivity index (χ1n) is 9.69. The van der Waals surface area contributed by atoms with Crippen molar-refractivity contribution < 1.29 is 19.1 Å². The second-order valence-electron chi connectivity index (χ2n) is 6.81. The van der Waals surface area contributed by atoms with E-state index in [4.69, 9.17) is 9.47 Å². The molecule has 0 amide bonds. The summed E-state index contributed by atoms with van der Waals surface area (Å²) in [5, 5.41) is 0. The number of nitrogens with zero attached hydrogens (tertiary/aromatic N) is 1. The fourth-order valence-corrected chi connectivity index (χ4v) is 2.84. The molecule has 0 aliphatic heterocycles. The lowest BCUT2D eigenvalue weighted by molar-refractivity contribution is -0.139. The van der Waals surface area contributed by atoms with E-state index in [1.54, 1.807) is 19.1 Å². The number of carbonyl (C=O) groups excluding carboxylic acids is 2. The van der Waals surface area contributed by atoms with Crippen LogP contribution in [0.15, 0.2) is 104 Å². The summed E-state index contributed by atoms with van der Waals surface area (Å²) in [5.74, 6) is -0.466. The molecule has 5 nitrogen and oxygen atoms in total. The van der Waals surface area contributed by atoms with Crippen molar-refractivity contribution in [1.29, 1.82) is 0 Å². The van der Waals surface area contributed by atoms with Gasteiger partial charge >= 0.3 is 11.9 Å². The molecule has 0 saturated carbocycles. The first kappa shape index (κ1) is 21.6. The third-order valence-electron chi connectivity index (χ3n) is 4.41. The molecule has 3 aromatic rings. The molecular formula is C26H23NO4. The van der Waals surface area contributed by atoms with Crippen molar-refractivity contribution in [3.05, 3.63) is 109 Å². The molecule has 0 radical (unpaired) electrons. The predicted molar refractivity (Wildman–Crippen MR) is 122 cm³/mol. The minimum Gasteiger partial charge on any atom is -0.458 e. The van der Waals surface area contributed by atoms with E-state index >= 15 is 0 Å². The Labute approximate surface area is 181 Å². The van der Waals surface area contributed by atoms with E-state index in [-0.39, 0.29) is 6.61 Å². The first-order chi connectivity index (χ1) is 15.0. The lowest BCUT2D eigenvalue weighted by atomic mass is 10.1. The Hall–Kier alpha value is -4.12. The highest BCUT2D eigenvalue weighted by Crippen LogP contribution is 2.35. The SMILES string of the molecule is C=CC(=O)OCc1ccc(N(c2ccccc2)c2ccc(OC(=O)C(=C)C)cc2)cc1. The van der Waals surface area contributed by atoms with Crippen molar-refractivity contribution in [2.24, 2.45) is 0 Å². The number of hydrogen-bond acceptors (Lipinski definition) is 5. The van der Waals surface area contributed by atoms with Crippen molar-refractivity contribution in [3.8, 4) is 5.75 Å². The molecule has 3 aromatic carbocycles. The number of esters is 2. The standard InChI is InChI=1S/C26H23NO4/c1-4-25(28)30-18-20-10-12-22(13-11-20)27(21-8-6-5-7-9-21)23-14-16-24(17-15-23)31-26(29)19(2)3/h4-17H,1-2,18H2,3H3. The Kier molecular flexibility index (Phi) is 7.01. The molecule has 0 heterocycles. The normalized spacial score (nSPS) is 10.1. The van der Waals surface area contributed by atoms with Crippen LogP contribution in [0.4, 0.5) is 17.1 Å². The van der Waals surface area contributed by atoms with Gasteiger partial charge in [-0.2, -0.15) is 0 Å². The zero-order chi connectivity index (χ0) is 22.2. The number of rotatable bonds is 8. The highest BCUT2D eigenvalue weighted by Gasteiger charge is 2.13. The number of carbonyl (C=O) groups is 2. The van der Waals surface area contributed by atoms with E-state index in [0.29, 0.717) is 11.3 Å². The van der Waals surface area contributed by atoms with E-state index < -0.39 is 11.9 Å². The van der Waals surface area contributed by atoms with Gasteiger partial charge in [-0.05, 0) is 61.0 Å². The van der Waals surface area contributed by atoms with E-state index in [9.17, 15) is 9.59 Å². The van der Waals surface area contributed by atoms with Crippen molar-refractivity contribution >= 4 is 29.0 Å². The zero-order valence-electron chi connectivity index (χ0n) is 17.3. The second-order valence-corrected chi connectivity index (χ2v) is 6.81. The Morgan fingerprint density at radius 1 is 0.871 bits per heavy atom. The van der Waals surface area contributed by atoms with Gasteiger partial charge in [-0.3, -0.25) is 0 Å². The van der Waals surface area contributed by atoms with Gasteiger partial charge in [0, 0.05) is 28.7 Å². The van der Waals surface area contributed by atoms with Crippen LogP contribution in [0.2, 0.25) is 0 Å². The smallest absolute Gasteiger partial charge is 0.338 e. The van der Waals surface area contributed by atoms with Gasteiger partial charge in [0.25, 0.3) is 0 Å². The number of benzene rings is 3. The van der Waals surface area contributed by atoms with Crippen LogP contribution in [-0.2, 0) is 20.9 Å². The first-order valence-corrected chi connectivity index (χ1v) is 9.69. The average Bonchev–Trinajstić information content (AvgIpc) is 2.80. The molecule has 5 heteroatoms. The van der Waals surface area contributed by atoms with E-state index in [0.717, 1.165) is 28.7 Å². The number of para-hydroxylation sites is 1. The maximum atomic E-state index is 11.8. The van der Waals surface area contributed by atoms with Crippen LogP contribution < -0.4 is 9.64 Å². The summed E-state index contributed by atoms with van der Waals surface area (Å²) in [4.78, 5) is 25.1. The molecule has 156 valence electrons. The molecule has 0 atom stereocenters. The molecule has 0 spiro atoms. The van der Waals surface area contributed by atoms with Gasteiger partial charge in [0.05, 0.1) is 0 Å². The van der Waals surface area contributed by atoms with Crippen molar-refractivity contribution in [2.75, 3.05) is 4.90 Å². The lowest BCUT2D eigenvalue weighted by Crippen LogP contribution is -2.11. The van der Waals surface area contributed by atoms with Crippen LogP contribution in [0.3, 0.4) is 0 Å². The summed E-state index contributed by atoms with van der Waals surface area (Å²) in [5.41, 5.74) is 4.01. The predicted octanol–water partition coefficient (Wildman–Crippen LogP) is 5.87. The van der Waals surface area contributed by atoms with Gasteiger partial charge in [0.15, 0.2) is 0 Å². The Morgan fingerprint density at radius 2 is 1.42 bits per heavy atom. The summed E-state index contributed by atoms with van der Waals surface area (Å²) in [7, 11) is 0. The largest absolute Gasteiger partial charge is 0.458 e. The molecule has 0 fully saturated rings. The molecule has 31 heavy (non-hydrogen) atoms. The highest BCUT2D eigenvalue weighted by molar-refractivity contribution is 5.89. The van der Waals surface area contributed by atoms with Gasteiger partial charge in [0.1, 0.15) is 12.4 Å². The highest BCUT2D eigenvalue weighted by atomic mass is 16.5. The molecule has 0 unspecified atom stereocenters. The van der Waals surface area contributed by atoms with E-state index in [1.807, 2.05) is 66.7 Å². The number of anilines is 3. The maximum Gasteiger partial charge on any atom is 0.338 e. The molecular weight excluding hydrogens is 390 g/mol. The van der Waals surface area contributed by atoms with Crippen LogP contribution in [0.25, 0.3) is 0 Å². The third kappa shape index (κ3) is 5.70. The molecule has 0 bridgehead atoms. The molecule has 0 aromatic heterocycles. The average molecular weight is 413 g/mol. The zero-order valence-corrected chi connectivity index (χ0v) is 17.3. The van der Waals surface area contributed by atoms with Gasteiger partial charge in [0.2, 0.25) is 0 Å². The second kappa shape index (κ2) is 10.1. The summed E-state index contributed by atoms with van der Waals surface area (Å²) in [6, 6.07) is 24.9. The minimum absolute atomic E-state index is 0.180. The van der Waals surface area contributed by atoms with Crippen LogP contribution in [0.5, 0.6) is 5.75 Å². The van der Waals surface area contributed by atoms with Crippen LogP contribution >= 0.6 is 0 Å². The number of hydrogen-bond donors (Lipinski definition) is 0. The van der Waals surface area contributed by atoms with Crippen molar-refractivity contribution in [1.82, 2.24) is 0 Å². The van der Waals surface area contributed by atoms with Crippen molar-refractivity contribution in [3.63, 3.8) is 0 Å². The maximum absolute atomic E-state index is 11.8. The van der Waals surface area contributed by atoms with Gasteiger partial charge in [-0.25, -0.2) is 9.59 Å². The summed E-state index contributed by atoms with van der Waals surface area (Å²) in [6.07, 6.45) is 1.14. The fraction of sp³-hybridized carbons (Fsp3) is 0.0769. The van der Waals surface area contributed by atoms with E-state index in [1.165, 1.54) is 0 Å². The van der Waals surface area contributed by atoms with Crippen LogP contribution in [0, 0.1) is 0 Å². The molecule has 0 saturated heterocycles. The summed E-state index contributed by atoms with van der Waals surface area (Å²) < 4.78 is 10.4. The van der Waals surface area contributed by atoms with Crippen molar-refractivity contribution in [2.45, 2.75) is 13.5 Å². The molecule has 0 N–H and O–H groups in total. The Morgan fingerprint density at radius 3 is 1.97 bits per heavy atom. The summed E-state index contributed by atoms with van der Waals surface area (Å²) >= 11 is 0.